The first-order chi connectivity index (χ1) is 14.7. The molecule has 0 aliphatic carbocycles. The Kier molecular flexibility index (Phi) is 6.87. The summed E-state index contributed by atoms with van der Waals surface area (Å²) >= 11 is 0. The monoisotopic (exact) mass is 410 g/mol. The summed E-state index contributed by atoms with van der Waals surface area (Å²) in [5, 5.41) is 0. The number of benzene rings is 2. The highest BCUT2D eigenvalue weighted by atomic mass is 16.5. The third-order valence-corrected chi connectivity index (χ3v) is 6.43. The molecular weight excluding hydrogens is 376 g/mol. The number of rotatable bonds is 6. The van der Waals surface area contributed by atoms with E-state index in [1.165, 1.54) is 16.2 Å². The van der Waals surface area contributed by atoms with Gasteiger partial charge in [0.15, 0.2) is 6.54 Å². The van der Waals surface area contributed by atoms with Crippen LogP contribution in [-0.4, -0.2) is 76.8 Å². The van der Waals surface area contributed by atoms with Gasteiger partial charge in [-0.3, -0.25) is 4.79 Å². The van der Waals surface area contributed by atoms with Gasteiger partial charge < -0.3 is 24.3 Å². The number of ether oxygens (including phenoxy) is 1. The van der Waals surface area contributed by atoms with E-state index in [1.54, 1.807) is 12.0 Å². The van der Waals surface area contributed by atoms with Crippen molar-refractivity contribution in [3.8, 4) is 5.75 Å². The summed E-state index contributed by atoms with van der Waals surface area (Å²) in [6.45, 7) is 9.57. The van der Waals surface area contributed by atoms with Crippen LogP contribution in [0.15, 0.2) is 54.6 Å². The van der Waals surface area contributed by atoms with Crippen molar-refractivity contribution in [2.24, 2.45) is 0 Å². The number of para-hydroxylation sites is 1. The molecule has 0 aromatic heterocycles. The zero-order chi connectivity index (χ0) is 20.8. The van der Waals surface area contributed by atoms with Crippen molar-refractivity contribution in [2.75, 3.05) is 70.9 Å². The van der Waals surface area contributed by atoms with Gasteiger partial charge in [0.05, 0.1) is 7.11 Å². The van der Waals surface area contributed by atoms with Crippen LogP contribution in [0, 0.1) is 0 Å². The molecular formula is C24H34N4O2+2. The van der Waals surface area contributed by atoms with Crippen LogP contribution < -0.4 is 19.4 Å². The highest BCUT2D eigenvalue weighted by Gasteiger charge is 2.28. The third kappa shape index (κ3) is 5.32. The van der Waals surface area contributed by atoms with E-state index in [4.69, 9.17) is 4.74 Å². The van der Waals surface area contributed by atoms with E-state index in [-0.39, 0.29) is 0 Å². The van der Waals surface area contributed by atoms with Crippen LogP contribution in [0.3, 0.4) is 0 Å². The predicted molar refractivity (Wildman–Crippen MR) is 118 cm³/mol. The van der Waals surface area contributed by atoms with E-state index in [0.717, 1.165) is 64.7 Å². The van der Waals surface area contributed by atoms with Gasteiger partial charge in [-0.15, -0.1) is 0 Å². The van der Waals surface area contributed by atoms with E-state index in [2.05, 4.69) is 46.2 Å². The first kappa shape index (κ1) is 20.7. The summed E-state index contributed by atoms with van der Waals surface area (Å²) < 4.78 is 5.24. The Morgan fingerprint density at radius 2 is 1.50 bits per heavy atom. The zero-order valence-corrected chi connectivity index (χ0v) is 18.0. The summed E-state index contributed by atoms with van der Waals surface area (Å²) in [6.07, 6.45) is 0. The van der Waals surface area contributed by atoms with Crippen molar-refractivity contribution in [1.82, 2.24) is 4.90 Å². The van der Waals surface area contributed by atoms with Gasteiger partial charge in [0.25, 0.3) is 5.91 Å². The normalized spacial score (nSPS) is 22.0. The van der Waals surface area contributed by atoms with E-state index in [1.807, 2.05) is 18.2 Å². The Balaban J connectivity index is 1.18. The molecule has 2 fully saturated rings. The maximum atomic E-state index is 12.8. The molecule has 2 aliphatic rings. The van der Waals surface area contributed by atoms with Gasteiger partial charge in [-0.1, -0.05) is 18.2 Å². The van der Waals surface area contributed by atoms with Crippen molar-refractivity contribution in [1.29, 1.82) is 0 Å². The molecule has 2 aliphatic heterocycles. The number of hydrogen-bond donors (Lipinski definition) is 2. The molecule has 2 N–H and O–H groups in total. The van der Waals surface area contributed by atoms with Crippen molar-refractivity contribution < 1.29 is 19.3 Å². The predicted octanol–water partition coefficient (Wildman–Crippen LogP) is -0.673. The fourth-order valence-corrected chi connectivity index (χ4v) is 4.52. The van der Waals surface area contributed by atoms with Gasteiger partial charge in [0.1, 0.15) is 38.5 Å². The molecule has 0 unspecified atom stereocenters. The number of methoxy groups -OCH3 is 1. The van der Waals surface area contributed by atoms with E-state index in [0.29, 0.717) is 12.5 Å². The lowest BCUT2D eigenvalue weighted by Crippen LogP contribution is -3.28. The van der Waals surface area contributed by atoms with Gasteiger partial charge in [-0.25, -0.2) is 0 Å². The van der Waals surface area contributed by atoms with Crippen LogP contribution >= 0.6 is 0 Å². The van der Waals surface area contributed by atoms with E-state index < -0.39 is 0 Å². The van der Waals surface area contributed by atoms with Crippen molar-refractivity contribution in [3.63, 3.8) is 0 Å². The first-order valence-corrected chi connectivity index (χ1v) is 11.1. The van der Waals surface area contributed by atoms with Crippen LogP contribution in [0.4, 0.5) is 5.69 Å². The number of amides is 1. The van der Waals surface area contributed by atoms with E-state index >= 15 is 0 Å². The van der Waals surface area contributed by atoms with Crippen LogP contribution in [0.25, 0.3) is 0 Å². The Hall–Kier alpha value is -2.57. The Morgan fingerprint density at radius 1 is 0.867 bits per heavy atom. The molecule has 1 amide bonds. The molecule has 160 valence electrons. The minimum Gasteiger partial charge on any atom is -0.497 e. The second kappa shape index (κ2) is 9.96. The van der Waals surface area contributed by atoms with Crippen molar-refractivity contribution in [3.05, 3.63) is 60.2 Å². The Morgan fingerprint density at radius 3 is 2.13 bits per heavy atom. The second-order valence-corrected chi connectivity index (χ2v) is 8.41. The van der Waals surface area contributed by atoms with Crippen LogP contribution in [0.5, 0.6) is 5.75 Å². The molecule has 4 rings (SSSR count). The molecule has 2 aromatic carbocycles. The highest BCUT2D eigenvalue weighted by Crippen LogP contribution is 2.15. The second-order valence-electron chi connectivity index (χ2n) is 8.41. The lowest BCUT2D eigenvalue weighted by molar-refractivity contribution is -1.02. The molecule has 6 heteroatoms. The van der Waals surface area contributed by atoms with Crippen molar-refractivity contribution >= 4 is 11.6 Å². The Bertz CT molecular complexity index is 796. The topological polar surface area (TPSA) is 41.7 Å². The van der Waals surface area contributed by atoms with Gasteiger partial charge in [-0.05, 0) is 36.4 Å². The lowest BCUT2D eigenvalue weighted by atomic mass is 10.2. The average molecular weight is 411 g/mol. The molecule has 30 heavy (non-hydrogen) atoms. The maximum absolute atomic E-state index is 12.8. The minimum atomic E-state index is 0.316. The standard InChI is InChI=1S/C24H32N4O2/c1-30-23-9-7-21(8-10-23)19-25-11-13-26(14-12-25)20-24(29)28-17-15-27(16-18-28)22-5-3-2-4-6-22/h2-10H,11-20H2,1H3/p+2. The minimum absolute atomic E-state index is 0.316. The van der Waals surface area contributed by atoms with E-state index in [9.17, 15) is 4.79 Å². The maximum Gasteiger partial charge on any atom is 0.277 e. The molecule has 6 nitrogen and oxygen atoms in total. The third-order valence-electron chi connectivity index (χ3n) is 6.43. The van der Waals surface area contributed by atoms with Gasteiger partial charge in [0.2, 0.25) is 0 Å². The molecule has 2 heterocycles. The summed E-state index contributed by atoms with van der Waals surface area (Å²) in [6, 6.07) is 18.9. The zero-order valence-electron chi connectivity index (χ0n) is 18.0. The molecule has 2 saturated heterocycles. The molecule has 0 bridgehead atoms. The molecule has 2 aromatic rings. The fourth-order valence-electron chi connectivity index (χ4n) is 4.52. The number of hydrogen-bond acceptors (Lipinski definition) is 3. The average Bonchev–Trinajstić information content (AvgIpc) is 2.81. The summed E-state index contributed by atoms with van der Waals surface area (Å²) in [5.41, 5.74) is 2.60. The van der Waals surface area contributed by atoms with Crippen molar-refractivity contribution in [2.45, 2.75) is 6.54 Å². The Labute approximate surface area is 179 Å². The summed E-state index contributed by atoms with van der Waals surface area (Å²) in [7, 11) is 1.70. The number of nitrogens with zero attached hydrogens (tertiary/aromatic N) is 2. The van der Waals surface area contributed by atoms with Gasteiger partial charge in [0, 0.05) is 37.4 Å². The number of carbonyl (C=O) groups excluding carboxylic acids is 1. The number of carbonyl (C=O) groups is 1. The van der Waals surface area contributed by atoms with Crippen LogP contribution in [0.2, 0.25) is 0 Å². The molecule has 0 radical (unpaired) electrons. The van der Waals surface area contributed by atoms with Gasteiger partial charge >= 0.3 is 0 Å². The summed E-state index contributed by atoms with van der Waals surface area (Å²) in [5.74, 6) is 1.22. The quantitative estimate of drug-likeness (QED) is 0.664. The smallest absolute Gasteiger partial charge is 0.277 e. The molecule has 0 spiro atoms. The highest BCUT2D eigenvalue weighted by molar-refractivity contribution is 5.77. The SMILES string of the molecule is COc1ccc(C[NH+]2CC[NH+](CC(=O)N3CCN(c4ccccc4)CC3)CC2)cc1. The number of piperazine rings is 2. The molecule has 0 saturated carbocycles. The molecule has 0 atom stereocenters. The number of quaternary nitrogens is 2. The summed E-state index contributed by atoms with van der Waals surface area (Å²) in [4.78, 5) is 20.3. The van der Waals surface area contributed by atoms with Gasteiger partial charge in [-0.2, -0.15) is 0 Å². The van der Waals surface area contributed by atoms with Crippen LogP contribution in [0.1, 0.15) is 5.56 Å². The number of nitrogens with one attached hydrogen (secondary N) is 2. The van der Waals surface area contributed by atoms with Crippen LogP contribution in [-0.2, 0) is 11.3 Å². The lowest BCUT2D eigenvalue weighted by Gasteiger charge is -2.37. The largest absolute Gasteiger partial charge is 0.497 e. The fraction of sp³-hybridized carbons (Fsp3) is 0.458. The first-order valence-electron chi connectivity index (χ1n) is 11.1. The number of anilines is 1.